The molecule has 1 aromatic carbocycles. The third-order valence-corrected chi connectivity index (χ3v) is 3.88. The number of benzene rings is 1. The van der Waals surface area contributed by atoms with Crippen molar-refractivity contribution >= 4 is 0 Å². The summed E-state index contributed by atoms with van der Waals surface area (Å²) in [5.74, 6) is -9.56. The van der Waals surface area contributed by atoms with Crippen molar-refractivity contribution in [1.82, 2.24) is 0 Å². The van der Waals surface area contributed by atoms with E-state index in [-0.39, 0.29) is 18.3 Å². The third-order valence-electron chi connectivity index (χ3n) is 3.88. The Morgan fingerprint density at radius 3 is 2.00 bits per heavy atom. The summed E-state index contributed by atoms with van der Waals surface area (Å²) < 4.78 is 66.6. The molecule has 2 rings (SSSR count). The van der Waals surface area contributed by atoms with Gasteiger partial charge in [0.05, 0.1) is 0 Å². The van der Waals surface area contributed by atoms with Gasteiger partial charge in [0.15, 0.2) is 23.3 Å². The third kappa shape index (κ3) is 3.01. The van der Waals surface area contributed by atoms with Crippen molar-refractivity contribution in [2.24, 2.45) is 11.8 Å². The number of rotatable bonds is 3. The Morgan fingerprint density at radius 1 is 1.00 bits per heavy atom. The summed E-state index contributed by atoms with van der Waals surface area (Å²) in [7, 11) is 0. The summed E-state index contributed by atoms with van der Waals surface area (Å²) in [5.41, 5.74) is 0.355. The first-order chi connectivity index (χ1) is 9.82. The maximum absolute atomic E-state index is 13.6. The van der Waals surface area contributed by atoms with Crippen molar-refractivity contribution in [3.8, 4) is 0 Å². The van der Waals surface area contributed by atoms with Crippen LogP contribution in [0.4, 0.5) is 22.0 Å². The minimum absolute atomic E-state index is 0.0173. The fourth-order valence-corrected chi connectivity index (χ4v) is 2.47. The first-order valence-corrected chi connectivity index (χ1v) is 6.68. The summed E-state index contributed by atoms with van der Waals surface area (Å²) >= 11 is 0. The largest absolute Gasteiger partial charge is 0.203 e. The van der Waals surface area contributed by atoms with E-state index >= 15 is 0 Å². The lowest BCUT2D eigenvalue weighted by Crippen LogP contribution is -2.17. The predicted octanol–water partition coefficient (Wildman–Crippen LogP) is 5.08. The van der Waals surface area contributed by atoms with E-state index < -0.39 is 34.6 Å². The molecule has 2 unspecified atom stereocenters. The molecule has 0 nitrogen and oxygen atoms in total. The quantitative estimate of drug-likeness (QED) is 0.415. The van der Waals surface area contributed by atoms with Crippen molar-refractivity contribution in [2.45, 2.75) is 26.7 Å². The number of halogens is 5. The van der Waals surface area contributed by atoms with Crippen molar-refractivity contribution < 1.29 is 22.0 Å². The van der Waals surface area contributed by atoms with Gasteiger partial charge in [0.25, 0.3) is 0 Å². The molecule has 0 aliphatic heterocycles. The van der Waals surface area contributed by atoms with Crippen molar-refractivity contribution in [3.05, 3.63) is 58.5 Å². The second kappa shape index (κ2) is 6.00. The summed E-state index contributed by atoms with van der Waals surface area (Å²) in [6.45, 7) is 3.67. The van der Waals surface area contributed by atoms with Gasteiger partial charge in [0, 0.05) is 5.56 Å². The van der Waals surface area contributed by atoms with Crippen molar-refractivity contribution in [1.29, 1.82) is 0 Å². The lowest BCUT2D eigenvalue weighted by Gasteiger charge is -2.23. The maximum Gasteiger partial charge on any atom is 0.200 e. The molecule has 1 aromatic rings. The molecule has 21 heavy (non-hydrogen) atoms. The fraction of sp³-hybridized carbons (Fsp3) is 0.375. The normalized spacial score (nSPS) is 19.6. The molecule has 0 amide bonds. The fourth-order valence-electron chi connectivity index (χ4n) is 2.47. The molecule has 0 fully saturated rings. The smallest absolute Gasteiger partial charge is 0.200 e. The number of allylic oxidation sites excluding steroid dienone is 4. The van der Waals surface area contributed by atoms with Crippen LogP contribution in [-0.2, 0) is 6.42 Å². The highest BCUT2D eigenvalue weighted by molar-refractivity contribution is 5.26. The predicted molar refractivity (Wildman–Crippen MR) is 70.1 cm³/mol. The van der Waals surface area contributed by atoms with Crippen LogP contribution >= 0.6 is 0 Å². The van der Waals surface area contributed by atoms with Crippen LogP contribution in [-0.4, -0.2) is 0 Å². The maximum atomic E-state index is 13.6. The molecule has 1 aliphatic carbocycles. The average Bonchev–Trinajstić information content (AvgIpc) is 2.48. The van der Waals surface area contributed by atoms with E-state index in [1.807, 2.05) is 25.2 Å². The van der Waals surface area contributed by atoms with Crippen LogP contribution in [0.3, 0.4) is 0 Å². The molecular weight excluding hydrogens is 287 g/mol. The van der Waals surface area contributed by atoms with Crippen LogP contribution < -0.4 is 0 Å². The van der Waals surface area contributed by atoms with Crippen LogP contribution in [0.1, 0.15) is 25.8 Å². The molecule has 5 heteroatoms. The van der Waals surface area contributed by atoms with Crippen molar-refractivity contribution in [2.75, 3.05) is 0 Å². The first kappa shape index (κ1) is 15.7. The molecule has 0 saturated heterocycles. The first-order valence-electron chi connectivity index (χ1n) is 6.68. The standard InChI is InChI=1S/C16H15F5/c1-8-3-5-10(6-4-8)9(2)7-11-12(17)14(19)16(21)15(20)13(11)18/h3-5,9-10H,6-7H2,1-2H3. The monoisotopic (exact) mass is 302 g/mol. The highest BCUT2D eigenvalue weighted by atomic mass is 19.2. The second-order valence-corrected chi connectivity index (χ2v) is 5.44. The van der Waals surface area contributed by atoms with E-state index in [4.69, 9.17) is 0 Å². The van der Waals surface area contributed by atoms with Gasteiger partial charge in [-0.3, -0.25) is 0 Å². The summed E-state index contributed by atoms with van der Waals surface area (Å²) in [6, 6.07) is 0. The van der Waals surface area contributed by atoms with E-state index in [2.05, 4.69) is 0 Å². The zero-order valence-corrected chi connectivity index (χ0v) is 11.7. The van der Waals surface area contributed by atoms with Crippen LogP contribution in [0.15, 0.2) is 23.8 Å². The number of hydrogen-bond donors (Lipinski definition) is 0. The molecule has 114 valence electrons. The van der Waals surface area contributed by atoms with Gasteiger partial charge in [-0.25, -0.2) is 22.0 Å². The number of hydrogen-bond acceptors (Lipinski definition) is 0. The zero-order chi connectivity index (χ0) is 15.7. The van der Waals surface area contributed by atoms with E-state index in [1.165, 1.54) is 0 Å². The molecule has 0 radical (unpaired) electrons. The molecule has 0 aromatic heterocycles. The molecule has 0 N–H and O–H groups in total. The van der Waals surface area contributed by atoms with E-state index in [0.717, 1.165) is 5.57 Å². The molecular formula is C16H15F5. The van der Waals surface area contributed by atoms with E-state index in [1.54, 1.807) is 6.92 Å². The lowest BCUT2D eigenvalue weighted by molar-refractivity contribution is 0.353. The van der Waals surface area contributed by atoms with Crippen LogP contribution in [0.2, 0.25) is 0 Å². The van der Waals surface area contributed by atoms with Gasteiger partial charge in [-0.1, -0.05) is 30.7 Å². The molecule has 2 atom stereocenters. The Morgan fingerprint density at radius 2 is 1.52 bits per heavy atom. The average molecular weight is 302 g/mol. The Balaban J connectivity index is 2.26. The van der Waals surface area contributed by atoms with Crippen molar-refractivity contribution in [3.63, 3.8) is 0 Å². The van der Waals surface area contributed by atoms with Gasteiger partial charge >= 0.3 is 0 Å². The summed E-state index contributed by atoms with van der Waals surface area (Å²) in [5, 5.41) is 0. The van der Waals surface area contributed by atoms with Crippen LogP contribution in [0.25, 0.3) is 0 Å². The Labute approximate surface area is 120 Å². The Hall–Kier alpha value is -1.65. The molecule has 1 aliphatic rings. The van der Waals surface area contributed by atoms with Crippen LogP contribution in [0.5, 0.6) is 0 Å². The van der Waals surface area contributed by atoms with Gasteiger partial charge in [-0.05, 0) is 31.6 Å². The molecule has 0 spiro atoms. The van der Waals surface area contributed by atoms with Gasteiger partial charge in [0.2, 0.25) is 5.82 Å². The van der Waals surface area contributed by atoms with E-state index in [0.29, 0.717) is 6.42 Å². The van der Waals surface area contributed by atoms with Crippen LogP contribution in [0, 0.1) is 40.9 Å². The van der Waals surface area contributed by atoms with Gasteiger partial charge in [0.1, 0.15) is 0 Å². The minimum atomic E-state index is -2.11. The van der Waals surface area contributed by atoms with Gasteiger partial charge in [-0.15, -0.1) is 0 Å². The van der Waals surface area contributed by atoms with Gasteiger partial charge < -0.3 is 0 Å². The lowest BCUT2D eigenvalue weighted by atomic mass is 9.83. The molecule has 0 saturated carbocycles. The Bertz CT molecular complexity index is 587. The molecule has 0 bridgehead atoms. The SMILES string of the molecule is CC1=CCC(C(C)Cc2c(F)c(F)c(F)c(F)c2F)C=C1. The minimum Gasteiger partial charge on any atom is -0.203 e. The van der Waals surface area contributed by atoms with Gasteiger partial charge in [-0.2, -0.15) is 0 Å². The summed E-state index contributed by atoms with van der Waals surface area (Å²) in [6.07, 6.45) is 6.28. The Kier molecular flexibility index (Phi) is 4.49. The summed E-state index contributed by atoms with van der Waals surface area (Å²) in [4.78, 5) is 0. The second-order valence-electron chi connectivity index (χ2n) is 5.44. The zero-order valence-electron chi connectivity index (χ0n) is 11.7. The molecule has 0 heterocycles. The highest BCUT2D eigenvalue weighted by Gasteiger charge is 2.28. The van der Waals surface area contributed by atoms with E-state index in [9.17, 15) is 22.0 Å². The topological polar surface area (TPSA) is 0 Å². The highest BCUT2D eigenvalue weighted by Crippen LogP contribution is 2.30.